The number of carbonyl (C=O) groups is 2. The summed E-state index contributed by atoms with van der Waals surface area (Å²) in [4.78, 5) is 28.9. The standard InChI is InChI=1S/C15H11ClN2O3/c16-13-6-17-4-3-12(13)14(19)18-7-10-2-1-9(15(20)21)5-11(10)8-18/h1-6H,7-8H2,(H,20,21). The van der Waals surface area contributed by atoms with Crippen molar-refractivity contribution in [3.63, 3.8) is 0 Å². The van der Waals surface area contributed by atoms with Crippen LogP contribution in [-0.4, -0.2) is 26.9 Å². The number of hydrogen-bond acceptors (Lipinski definition) is 3. The van der Waals surface area contributed by atoms with Crippen molar-refractivity contribution in [1.29, 1.82) is 0 Å². The second-order valence-corrected chi connectivity index (χ2v) is 5.21. The summed E-state index contributed by atoms with van der Waals surface area (Å²) in [6, 6.07) is 6.49. The van der Waals surface area contributed by atoms with Gasteiger partial charge in [0, 0.05) is 25.5 Å². The van der Waals surface area contributed by atoms with Crippen LogP contribution in [0.25, 0.3) is 0 Å². The minimum atomic E-state index is -0.972. The normalized spacial score (nSPS) is 13.1. The van der Waals surface area contributed by atoms with Gasteiger partial charge in [0.2, 0.25) is 0 Å². The molecular weight excluding hydrogens is 292 g/mol. The molecule has 106 valence electrons. The number of aromatic carboxylic acids is 1. The maximum atomic E-state index is 12.5. The van der Waals surface area contributed by atoms with E-state index in [2.05, 4.69) is 4.98 Å². The summed E-state index contributed by atoms with van der Waals surface area (Å²) >= 11 is 5.99. The van der Waals surface area contributed by atoms with Gasteiger partial charge in [-0.3, -0.25) is 9.78 Å². The topological polar surface area (TPSA) is 70.5 Å². The summed E-state index contributed by atoms with van der Waals surface area (Å²) in [5, 5.41) is 9.31. The van der Waals surface area contributed by atoms with Gasteiger partial charge >= 0.3 is 5.97 Å². The van der Waals surface area contributed by atoms with E-state index in [9.17, 15) is 9.59 Å². The second kappa shape index (κ2) is 5.18. The molecule has 3 rings (SSSR count). The summed E-state index contributed by atoms with van der Waals surface area (Å²) in [6.07, 6.45) is 2.95. The number of hydrogen-bond donors (Lipinski definition) is 1. The molecule has 1 N–H and O–H groups in total. The van der Waals surface area contributed by atoms with E-state index in [-0.39, 0.29) is 11.5 Å². The van der Waals surface area contributed by atoms with Crippen molar-refractivity contribution in [2.75, 3.05) is 0 Å². The highest BCUT2D eigenvalue weighted by Gasteiger charge is 2.26. The molecule has 6 heteroatoms. The van der Waals surface area contributed by atoms with Crippen LogP contribution in [0.15, 0.2) is 36.7 Å². The number of benzene rings is 1. The van der Waals surface area contributed by atoms with Crippen molar-refractivity contribution < 1.29 is 14.7 Å². The summed E-state index contributed by atoms with van der Waals surface area (Å²) < 4.78 is 0. The highest BCUT2D eigenvalue weighted by Crippen LogP contribution is 2.27. The number of aromatic nitrogens is 1. The fourth-order valence-electron chi connectivity index (χ4n) is 2.39. The molecule has 0 spiro atoms. The average Bonchev–Trinajstić information content (AvgIpc) is 2.89. The number of nitrogens with zero attached hydrogens (tertiary/aromatic N) is 2. The van der Waals surface area contributed by atoms with Crippen LogP contribution in [0.1, 0.15) is 31.8 Å². The molecule has 2 aromatic rings. The van der Waals surface area contributed by atoms with E-state index in [1.807, 2.05) is 0 Å². The zero-order valence-corrected chi connectivity index (χ0v) is 11.7. The van der Waals surface area contributed by atoms with Crippen LogP contribution in [0.4, 0.5) is 0 Å². The molecule has 0 aliphatic carbocycles. The van der Waals surface area contributed by atoms with Crippen molar-refractivity contribution >= 4 is 23.5 Å². The predicted molar refractivity (Wildman–Crippen MR) is 76.2 cm³/mol. The average molecular weight is 303 g/mol. The van der Waals surface area contributed by atoms with Crippen LogP contribution in [0.2, 0.25) is 5.02 Å². The molecule has 0 saturated carbocycles. The first kappa shape index (κ1) is 13.6. The number of carboxylic acid groups (broad SMARTS) is 1. The summed E-state index contributed by atoms with van der Waals surface area (Å²) in [5.74, 6) is -1.16. The first-order chi connectivity index (χ1) is 10.1. The Morgan fingerprint density at radius 1 is 1.19 bits per heavy atom. The number of carboxylic acids is 1. The molecule has 1 aromatic heterocycles. The second-order valence-electron chi connectivity index (χ2n) is 4.81. The van der Waals surface area contributed by atoms with Gasteiger partial charge in [-0.1, -0.05) is 17.7 Å². The minimum Gasteiger partial charge on any atom is -0.478 e. The van der Waals surface area contributed by atoms with Gasteiger partial charge in [-0.05, 0) is 29.3 Å². The Bertz CT molecular complexity index is 745. The van der Waals surface area contributed by atoms with Gasteiger partial charge in [0.25, 0.3) is 5.91 Å². The molecular formula is C15H11ClN2O3. The Kier molecular flexibility index (Phi) is 3.35. The van der Waals surface area contributed by atoms with Crippen LogP contribution in [-0.2, 0) is 13.1 Å². The molecule has 1 aliphatic rings. The molecule has 0 radical (unpaired) electrons. The SMILES string of the molecule is O=C(O)c1ccc2c(c1)CN(C(=O)c1ccncc1Cl)C2. The third kappa shape index (κ3) is 2.48. The molecule has 0 atom stereocenters. The fraction of sp³-hybridized carbons (Fsp3) is 0.133. The summed E-state index contributed by atoms with van der Waals surface area (Å²) in [7, 11) is 0. The van der Waals surface area contributed by atoms with Gasteiger partial charge in [-0.15, -0.1) is 0 Å². The van der Waals surface area contributed by atoms with E-state index < -0.39 is 5.97 Å². The van der Waals surface area contributed by atoms with Crippen LogP contribution in [0, 0.1) is 0 Å². The Balaban J connectivity index is 1.86. The Morgan fingerprint density at radius 2 is 1.95 bits per heavy atom. The molecule has 0 bridgehead atoms. The van der Waals surface area contributed by atoms with E-state index in [4.69, 9.17) is 16.7 Å². The molecule has 0 unspecified atom stereocenters. The van der Waals surface area contributed by atoms with Crippen molar-refractivity contribution in [3.8, 4) is 0 Å². The maximum Gasteiger partial charge on any atom is 0.335 e. The van der Waals surface area contributed by atoms with Crippen LogP contribution < -0.4 is 0 Å². The largest absolute Gasteiger partial charge is 0.478 e. The molecule has 21 heavy (non-hydrogen) atoms. The number of halogens is 1. The zero-order valence-electron chi connectivity index (χ0n) is 10.9. The summed E-state index contributed by atoms with van der Waals surface area (Å²) in [5.41, 5.74) is 2.44. The third-order valence-corrected chi connectivity index (χ3v) is 3.77. The van der Waals surface area contributed by atoms with Gasteiger partial charge < -0.3 is 10.0 Å². The molecule has 5 nitrogen and oxygen atoms in total. The van der Waals surface area contributed by atoms with Crippen LogP contribution in [0.3, 0.4) is 0 Å². The molecule has 0 fully saturated rings. The Labute approximate surface area is 125 Å². The molecule has 1 amide bonds. The minimum absolute atomic E-state index is 0.185. The number of fused-ring (bicyclic) bond motifs is 1. The Morgan fingerprint density at radius 3 is 2.67 bits per heavy atom. The smallest absolute Gasteiger partial charge is 0.335 e. The van der Waals surface area contributed by atoms with E-state index in [1.165, 1.54) is 12.4 Å². The maximum absolute atomic E-state index is 12.5. The number of amides is 1. The lowest BCUT2D eigenvalue weighted by Gasteiger charge is -2.15. The van der Waals surface area contributed by atoms with E-state index in [1.54, 1.807) is 29.2 Å². The Hall–Kier alpha value is -2.40. The van der Waals surface area contributed by atoms with Gasteiger partial charge in [-0.2, -0.15) is 0 Å². The van der Waals surface area contributed by atoms with E-state index in [0.717, 1.165) is 11.1 Å². The third-order valence-electron chi connectivity index (χ3n) is 3.47. The first-order valence-electron chi connectivity index (χ1n) is 6.30. The molecule has 1 aromatic carbocycles. The zero-order chi connectivity index (χ0) is 15.0. The summed E-state index contributed by atoms with van der Waals surface area (Å²) in [6.45, 7) is 0.834. The lowest BCUT2D eigenvalue weighted by atomic mass is 10.1. The predicted octanol–water partition coefficient (Wildman–Crippen LogP) is 2.59. The highest BCUT2D eigenvalue weighted by molar-refractivity contribution is 6.33. The van der Waals surface area contributed by atoms with Gasteiger partial charge in [0.1, 0.15) is 0 Å². The van der Waals surface area contributed by atoms with E-state index in [0.29, 0.717) is 23.7 Å². The lowest BCUT2D eigenvalue weighted by molar-refractivity contribution is 0.0696. The number of carbonyl (C=O) groups excluding carboxylic acids is 1. The molecule has 1 aliphatic heterocycles. The lowest BCUT2D eigenvalue weighted by Crippen LogP contribution is -2.25. The monoisotopic (exact) mass is 302 g/mol. The van der Waals surface area contributed by atoms with Gasteiger partial charge in [0.15, 0.2) is 0 Å². The van der Waals surface area contributed by atoms with Crippen molar-refractivity contribution in [2.45, 2.75) is 13.1 Å². The molecule has 0 saturated heterocycles. The van der Waals surface area contributed by atoms with Crippen molar-refractivity contribution in [3.05, 3.63) is 63.9 Å². The van der Waals surface area contributed by atoms with Gasteiger partial charge in [-0.25, -0.2) is 4.79 Å². The fourth-order valence-corrected chi connectivity index (χ4v) is 2.59. The van der Waals surface area contributed by atoms with Gasteiger partial charge in [0.05, 0.1) is 16.1 Å². The number of rotatable bonds is 2. The van der Waals surface area contributed by atoms with Crippen LogP contribution in [0.5, 0.6) is 0 Å². The number of pyridine rings is 1. The van der Waals surface area contributed by atoms with Crippen molar-refractivity contribution in [2.24, 2.45) is 0 Å². The van der Waals surface area contributed by atoms with E-state index >= 15 is 0 Å². The first-order valence-corrected chi connectivity index (χ1v) is 6.68. The molecule has 2 heterocycles. The van der Waals surface area contributed by atoms with Crippen LogP contribution >= 0.6 is 11.6 Å². The highest BCUT2D eigenvalue weighted by atomic mass is 35.5. The van der Waals surface area contributed by atoms with Crippen molar-refractivity contribution in [1.82, 2.24) is 9.88 Å². The quantitative estimate of drug-likeness (QED) is 0.925.